The molecular formula is C43H83NO10P+. The maximum Gasteiger partial charge on any atom is 0.472 e. The van der Waals surface area contributed by atoms with E-state index < -0.39 is 26.5 Å². The SMILES string of the molecule is C=CC(=O)OCCCCCCCCCCCCCCCC(=O)OC(COC(=O)CCCCCCCCCCCCCCC)COP(=O)(O)OCC[N+](C)(C)C. The minimum Gasteiger partial charge on any atom is -0.463 e. The first kappa shape index (κ1) is 53.2. The lowest BCUT2D eigenvalue weighted by Crippen LogP contribution is -2.37. The van der Waals surface area contributed by atoms with Crippen molar-refractivity contribution < 1.29 is 51.6 Å². The van der Waals surface area contributed by atoms with Crippen LogP contribution in [0.5, 0.6) is 0 Å². The van der Waals surface area contributed by atoms with Crippen LogP contribution in [0.15, 0.2) is 12.7 Å². The van der Waals surface area contributed by atoms with Crippen LogP contribution in [0.4, 0.5) is 0 Å². The van der Waals surface area contributed by atoms with Gasteiger partial charge in [0.05, 0.1) is 34.4 Å². The van der Waals surface area contributed by atoms with Crippen molar-refractivity contribution in [3.8, 4) is 0 Å². The Morgan fingerprint density at radius 1 is 0.582 bits per heavy atom. The predicted octanol–water partition coefficient (Wildman–Crippen LogP) is 11.0. The molecule has 0 aliphatic carbocycles. The number of phosphoric ester groups is 1. The van der Waals surface area contributed by atoms with E-state index in [1.165, 1.54) is 115 Å². The van der Waals surface area contributed by atoms with Crippen molar-refractivity contribution in [2.45, 2.75) is 193 Å². The number of hydrogen-bond donors (Lipinski definition) is 1. The summed E-state index contributed by atoms with van der Waals surface area (Å²) >= 11 is 0. The van der Waals surface area contributed by atoms with E-state index >= 15 is 0 Å². The minimum absolute atomic E-state index is 0.0229. The highest BCUT2D eigenvalue weighted by Crippen LogP contribution is 2.43. The van der Waals surface area contributed by atoms with Gasteiger partial charge in [0.15, 0.2) is 6.10 Å². The largest absolute Gasteiger partial charge is 0.472 e. The van der Waals surface area contributed by atoms with Gasteiger partial charge in [0.25, 0.3) is 0 Å². The fraction of sp³-hybridized carbons (Fsp3) is 0.884. The van der Waals surface area contributed by atoms with E-state index in [0.717, 1.165) is 51.4 Å². The first-order valence-corrected chi connectivity index (χ1v) is 23.4. The van der Waals surface area contributed by atoms with Gasteiger partial charge in [0, 0.05) is 18.9 Å². The average Bonchev–Trinajstić information content (AvgIpc) is 3.13. The molecule has 0 rings (SSSR count). The van der Waals surface area contributed by atoms with Crippen molar-refractivity contribution in [3.63, 3.8) is 0 Å². The zero-order valence-electron chi connectivity index (χ0n) is 35.7. The number of quaternary nitrogens is 1. The molecule has 0 aromatic carbocycles. The summed E-state index contributed by atoms with van der Waals surface area (Å²) in [5.41, 5.74) is 0. The standard InChI is InChI=1S/C43H82NO10P/c1-6-8-9-10-11-12-13-15-18-21-24-27-30-33-42(46)51-38-40(39-53-55(48,49)52-37-35-44(3,4)5)54-43(47)34-31-28-25-22-19-16-14-17-20-23-26-29-32-36-50-41(45)7-2/h7,40H,2,6,8-39H2,1,3-5H3/p+1. The number of rotatable bonds is 41. The van der Waals surface area contributed by atoms with Crippen molar-refractivity contribution in [1.82, 2.24) is 0 Å². The average molecular weight is 805 g/mol. The number of ether oxygens (including phenoxy) is 3. The number of phosphoric acid groups is 1. The first-order chi connectivity index (χ1) is 26.4. The quantitative estimate of drug-likeness (QED) is 0.0159. The zero-order valence-corrected chi connectivity index (χ0v) is 36.6. The molecule has 0 saturated carbocycles. The van der Waals surface area contributed by atoms with E-state index in [9.17, 15) is 23.8 Å². The summed E-state index contributed by atoms with van der Waals surface area (Å²) in [6.07, 6.45) is 30.8. The monoisotopic (exact) mass is 805 g/mol. The molecule has 0 aromatic rings. The van der Waals surface area contributed by atoms with Gasteiger partial charge in [-0.25, -0.2) is 9.36 Å². The molecule has 1 N–H and O–H groups in total. The van der Waals surface area contributed by atoms with E-state index in [1.807, 2.05) is 21.1 Å². The molecule has 55 heavy (non-hydrogen) atoms. The molecule has 0 fully saturated rings. The highest BCUT2D eigenvalue weighted by molar-refractivity contribution is 7.47. The molecule has 12 heteroatoms. The highest BCUT2D eigenvalue weighted by atomic mass is 31.2. The van der Waals surface area contributed by atoms with Crippen LogP contribution >= 0.6 is 7.82 Å². The number of unbranched alkanes of at least 4 members (excludes halogenated alkanes) is 24. The summed E-state index contributed by atoms with van der Waals surface area (Å²) in [6.45, 7) is 5.98. The van der Waals surface area contributed by atoms with E-state index in [0.29, 0.717) is 24.1 Å². The lowest BCUT2D eigenvalue weighted by atomic mass is 10.0. The van der Waals surface area contributed by atoms with Gasteiger partial charge >= 0.3 is 25.7 Å². The summed E-state index contributed by atoms with van der Waals surface area (Å²) in [7, 11) is 1.44. The second-order valence-corrected chi connectivity index (χ2v) is 17.6. The van der Waals surface area contributed by atoms with Gasteiger partial charge in [-0.15, -0.1) is 0 Å². The van der Waals surface area contributed by atoms with Crippen LogP contribution in [0.1, 0.15) is 187 Å². The highest BCUT2D eigenvalue weighted by Gasteiger charge is 2.27. The molecule has 0 aromatic heterocycles. The minimum atomic E-state index is -4.38. The van der Waals surface area contributed by atoms with Crippen molar-refractivity contribution in [1.29, 1.82) is 0 Å². The Hall–Kier alpha value is -1.78. The van der Waals surface area contributed by atoms with E-state index in [2.05, 4.69) is 13.5 Å². The fourth-order valence-corrected chi connectivity index (χ4v) is 6.84. The van der Waals surface area contributed by atoms with Gasteiger partial charge in [-0.2, -0.15) is 0 Å². The third-order valence-corrected chi connectivity index (χ3v) is 10.6. The Kier molecular flexibility index (Phi) is 35.4. The molecule has 0 spiro atoms. The number of carbonyl (C=O) groups excluding carboxylic acids is 3. The predicted molar refractivity (Wildman–Crippen MR) is 222 cm³/mol. The van der Waals surface area contributed by atoms with E-state index in [4.69, 9.17) is 23.3 Å². The van der Waals surface area contributed by atoms with Gasteiger partial charge in [-0.05, 0) is 19.3 Å². The molecular weight excluding hydrogens is 721 g/mol. The molecule has 0 heterocycles. The molecule has 0 aliphatic rings. The van der Waals surface area contributed by atoms with Crippen LogP contribution in [0.2, 0.25) is 0 Å². The summed E-state index contributed by atoms with van der Waals surface area (Å²) in [4.78, 5) is 46.3. The Morgan fingerprint density at radius 2 is 1.00 bits per heavy atom. The lowest BCUT2D eigenvalue weighted by Gasteiger charge is -2.24. The molecule has 0 radical (unpaired) electrons. The lowest BCUT2D eigenvalue weighted by molar-refractivity contribution is -0.870. The molecule has 2 atom stereocenters. The molecule has 11 nitrogen and oxygen atoms in total. The van der Waals surface area contributed by atoms with Crippen LogP contribution < -0.4 is 0 Å². The Morgan fingerprint density at radius 3 is 1.44 bits per heavy atom. The smallest absolute Gasteiger partial charge is 0.463 e. The van der Waals surface area contributed by atoms with Crippen LogP contribution in [-0.2, 0) is 42.2 Å². The summed E-state index contributed by atoms with van der Waals surface area (Å²) in [5, 5.41) is 0. The zero-order chi connectivity index (χ0) is 40.9. The number of likely N-dealkylation sites (N-methyl/N-ethyl adjacent to an activating group) is 1. The van der Waals surface area contributed by atoms with Crippen molar-refractivity contribution in [2.75, 3.05) is 54.1 Å². The van der Waals surface area contributed by atoms with Crippen molar-refractivity contribution >= 4 is 25.7 Å². The topological polar surface area (TPSA) is 135 Å². The van der Waals surface area contributed by atoms with Gasteiger partial charge in [0.2, 0.25) is 0 Å². The number of carbonyl (C=O) groups is 3. The molecule has 2 unspecified atom stereocenters. The fourth-order valence-electron chi connectivity index (χ4n) is 6.10. The summed E-state index contributed by atoms with van der Waals surface area (Å²) < 4.78 is 39.2. The molecule has 0 bridgehead atoms. The van der Waals surface area contributed by atoms with Gasteiger partial charge < -0.3 is 23.6 Å². The molecule has 324 valence electrons. The number of nitrogens with zero attached hydrogens (tertiary/aromatic N) is 1. The summed E-state index contributed by atoms with van der Waals surface area (Å²) in [5.74, 6) is -1.18. The van der Waals surface area contributed by atoms with E-state index in [-0.39, 0.29) is 38.0 Å². The second-order valence-electron chi connectivity index (χ2n) is 16.1. The maximum atomic E-state index is 12.7. The Labute approximate surface area is 336 Å². The normalized spacial score (nSPS) is 13.3. The van der Waals surface area contributed by atoms with Crippen molar-refractivity contribution in [3.05, 3.63) is 12.7 Å². The van der Waals surface area contributed by atoms with Crippen LogP contribution in [0.3, 0.4) is 0 Å². The van der Waals surface area contributed by atoms with E-state index in [1.54, 1.807) is 0 Å². The maximum absolute atomic E-state index is 12.7. The second kappa shape index (κ2) is 36.6. The molecule has 0 amide bonds. The van der Waals surface area contributed by atoms with Crippen LogP contribution in [0, 0.1) is 0 Å². The van der Waals surface area contributed by atoms with Gasteiger partial charge in [0.1, 0.15) is 19.8 Å². The Balaban J connectivity index is 4.29. The number of hydrogen-bond acceptors (Lipinski definition) is 9. The summed E-state index contributed by atoms with van der Waals surface area (Å²) in [6, 6.07) is 0. The first-order valence-electron chi connectivity index (χ1n) is 21.9. The van der Waals surface area contributed by atoms with Crippen LogP contribution in [0.25, 0.3) is 0 Å². The van der Waals surface area contributed by atoms with Crippen molar-refractivity contribution in [2.24, 2.45) is 0 Å². The molecule has 0 aliphatic heterocycles. The third kappa shape index (κ3) is 40.2. The molecule has 0 saturated heterocycles. The number of esters is 3. The Bertz CT molecular complexity index is 1000. The third-order valence-electron chi connectivity index (χ3n) is 9.59. The van der Waals surface area contributed by atoms with Gasteiger partial charge in [-0.1, -0.05) is 161 Å². The van der Waals surface area contributed by atoms with Gasteiger partial charge in [-0.3, -0.25) is 18.6 Å². The van der Waals surface area contributed by atoms with Crippen LogP contribution in [-0.4, -0.2) is 87.5 Å².